The molecule has 0 aromatic heterocycles. The van der Waals surface area contributed by atoms with E-state index in [1.54, 1.807) is 32.2 Å². The normalized spacial score (nSPS) is 11.7. The third kappa shape index (κ3) is 4.78. The molecule has 0 heterocycles. The number of amides is 1. The van der Waals surface area contributed by atoms with Crippen molar-refractivity contribution in [3.05, 3.63) is 58.1 Å². The van der Waals surface area contributed by atoms with E-state index in [-0.39, 0.29) is 5.91 Å². The van der Waals surface area contributed by atoms with Crippen molar-refractivity contribution in [2.75, 3.05) is 7.11 Å². The minimum absolute atomic E-state index is 0.239. The molecule has 0 radical (unpaired) electrons. The molecule has 6 heteroatoms. The number of hydrogen-bond acceptors (Lipinski definition) is 3. The van der Waals surface area contributed by atoms with E-state index in [1.165, 1.54) is 0 Å². The van der Waals surface area contributed by atoms with E-state index in [4.69, 9.17) is 32.7 Å². The van der Waals surface area contributed by atoms with Crippen LogP contribution in [0.5, 0.6) is 11.5 Å². The Morgan fingerprint density at radius 1 is 1.17 bits per heavy atom. The molecule has 1 atom stereocenters. The second-order valence-corrected chi connectivity index (χ2v) is 5.66. The molecule has 2 aromatic carbocycles. The second-order valence-electron chi connectivity index (χ2n) is 4.88. The summed E-state index contributed by atoms with van der Waals surface area (Å²) in [6, 6.07) is 12.5. The molecule has 0 aliphatic rings. The van der Waals surface area contributed by atoms with Gasteiger partial charge in [-0.1, -0.05) is 41.4 Å². The fourth-order valence-corrected chi connectivity index (χ4v) is 2.23. The highest BCUT2D eigenvalue weighted by molar-refractivity contribution is 6.42. The van der Waals surface area contributed by atoms with Crippen molar-refractivity contribution in [3.8, 4) is 11.5 Å². The largest absolute Gasteiger partial charge is 0.497 e. The number of benzene rings is 2. The van der Waals surface area contributed by atoms with Crippen LogP contribution in [0, 0.1) is 0 Å². The van der Waals surface area contributed by atoms with Crippen LogP contribution in [0.25, 0.3) is 0 Å². The average Bonchev–Trinajstić information content (AvgIpc) is 2.57. The van der Waals surface area contributed by atoms with Crippen molar-refractivity contribution >= 4 is 29.1 Å². The first-order chi connectivity index (χ1) is 11.0. The van der Waals surface area contributed by atoms with Gasteiger partial charge in [0.15, 0.2) is 6.10 Å². The lowest BCUT2D eigenvalue weighted by Gasteiger charge is -2.16. The Balaban J connectivity index is 1.90. The minimum Gasteiger partial charge on any atom is -0.497 e. The number of halogens is 2. The topological polar surface area (TPSA) is 47.6 Å². The summed E-state index contributed by atoms with van der Waals surface area (Å²) >= 11 is 12.0. The number of nitrogens with one attached hydrogen (secondary N) is 1. The van der Waals surface area contributed by atoms with Crippen LogP contribution in [-0.2, 0) is 11.3 Å². The van der Waals surface area contributed by atoms with Crippen LogP contribution >= 0.6 is 23.2 Å². The van der Waals surface area contributed by atoms with Gasteiger partial charge in [0.05, 0.1) is 12.1 Å². The van der Waals surface area contributed by atoms with Gasteiger partial charge < -0.3 is 14.8 Å². The Bertz CT molecular complexity index is 674. The van der Waals surface area contributed by atoms with Crippen LogP contribution in [0.1, 0.15) is 12.5 Å². The van der Waals surface area contributed by atoms with Gasteiger partial charge in [-0.05, 0) is 36.8 Å². The zero-order valence-corrected chi connectivity index (χ0v) is 14.3. The Morgan fingerprint density at radius 2 is 1.87 bits per heavy atom. The maximum Gasteiger partial charge on any atom is 0.261 e. The molecule has 2 rings (SSSR count). The van der Waals surface area contributed by atoms with E-state index in [1.807, 2.05) is 24.3 Å². The molecule has 122 valence electrons. The van der Waals surface area contributed by atoms with Crippen molar-refractivity contribution in [1.29, 1.82) is 0 Å². The summed E-state index contributed by atoms with van der Waals surface area (Å²) in [5.74, 6) is 0.913. The van der Waals surface area contributed by atoms with E-state index in [9.17, 15) is 4.79 Å². The molecular formula is C17H17Cl2NO3. The van der Waals surface area contributed by atoms with Crippen LogP contribution in [0.3, 0.4) is 0 Å². The highest BCUT2D eigenvalue weighted by Crippen LogP contribution is 2.32. The van der Waals surface area contributed by atoms with Gasteiger partial charge in [0.1, 0.15) is 16.5 Å². The summed E-state index contributed by atoms with van der Waals surface area (Å²) in [5.41, 5.74) is 0.965. The van der Waals surface area contributed by atoms with Gasteiger partial charge in [-0.2, -0.15) is 0 Å². The number of methoxy groups -OCH3 is 1. The van der Waals surface area contributed by atoms with E-state index in [2.05, 4.69) is 5.32 Å². The lowest BCUT2D eigenvalue weighted by Crippen LogP contribution is -2.35. The minimum atomic E-state index is -0.691. The molecule has 4 nitrogen and oxygen atoms in total. The molecule has 2 aromatic rings. The van der Waals surface area contributed by atoms with Gasteiger partial charge in [-0.15, -0.1) is 0 Å². The van der Waals surface area contributed by atoms with E-state index in [0.29, 0.717) is 22.3 Å². The van der Waals surface area contributed by atoms with Crippen molar-refractivity contribution in [3.63, 3.8) is 0 Å². The quantitative estimate of drug-likeness (QED) is 0.850. The van der Waals surface area contributed by atoms with E-state index in [0.717, 1.165) is 11.3 Å². The molecule has 23 heavy (non-hydrogen) atoms. The maximum atomic E-state index is 12.1. The smallest absolute Gasteiger partial charge is 0.261 e. The Kier molecular flexibility index (Phi) is 6.13. The van der Waals surface area contributed by atoms with Gasteiger partial charge >= 0.3 is 0 Å². The Hall–Kier alpha value is -1.91. The fraction of sp³-hybridized carbons (Fsp3) is 0.235. The Morgan fingerprint density at radius 3 is 2.52 bits per heavy atom. The zero-order chi connectivity index (χ0) is 16.8. The number of rotatable bonds is 6. The van der Waals surface area contributed by atoms with Gasteiger partial charge in [0.25, 0.3) is 5.91 Å². The van der Waals surface area contributed by atoms with Crippen LogP contribution in [-0.4, -0.2) is 19.1 Å². The molecule has 0 saturated carbocycles. The summed E-state index contributed by atoms with van der Waals surface area (Å²) in [7, 11) is 1.61. The predicted octanol–water partition coefficient (Wildman–Crippen LogP) is 4.09. The van der Waals surface area contributed by atoms with Crippen molar-refractivity contribution in [2.24, 2.45) is 0 Å². The van der Waals surface area contributed by atoms with E-state index >= 15 is 0 Å². The monoisotopic (exact) mass is 353 g/mol. The number of carbonyl (C=O) groups excluding carboxylic acids is 1. The highest BCUT2D eigenvalue weighted by atomic mass is 35.5. The van der Waals surface area contributed by atoms with Crippen LogP contribution in [0.2, 0.25) is 10.0 Å². The molecule has 0 aliphatic carbocycles. The lowest BCUT2D eigenvalue weighted by atomic mass is 10.2. The predicted molar refractivity (Wildman–Crippen MR) is 91.4 cm³/mol. The molecular weight excluding hydrogens is 337 g/mol. The van der Waals surface area contributed by atoms with Crippen LogP contribution < -0.4 is 14.8 Å². The summed E-state index contributed by atoms with van der Waals surface area (Å²) in [6.07, 6.45) is -0.691. The van der Waals surface area contributed by atoms with Crippen molar-refractivity contribution in [2.45, 2.75) is 19.6 Å². The summed E-state index contributed by atoms with van der Waals surface area (Å²) in [4.78, 5) is 12.1. The Labute approximate surface area is 145 Å². The van der Waals surface area contributed by atoms with Gasteiger partial charge in [0.2, 0.25) is 0 Å². The summed E-state index contributed by atoms with van der Waals surface area (Å²) in [6.45, 7) is 2.06. The first-order valence-electron chi connectivity index (χ1n) is 7.02. The van der Waals surface area contributed by atoms with Gasteiger partial charge in [0, 0.05) is 6.54 Å². The maximum absolute atomic E-state index is 12.1. The van der Waals surface area contributed by atoms with Crippen LogP contribution in [0.15, 0.2) is 42.5 Å². The molecule has 0 fully saturated rings. The average molecular weight is 354 g/mol. The van der Waals surface area contributed by atoms with Crippen molar-refractivity contribution in [1.82, 2.24) is 5.32 Å². The number of hydrogen-bond donors (Lipinski definition) is 1. The fourth-order valence-electron chi connectivity index (χ4n) is 1.90. The molecule has 0 saturated heterocycles. The molecule has 1 N–H and O–H groups in total. The number of ether oxygens (including phenoxy) is 2. The standard InChI is InChI=1S/C17H17Cl2NO3/c1-11(23-15-5-3-4-14(18)16(15)19)17(21)20-10-12-6-8-13(22-2)9-7-12/h3-9,11H,10H2,1-2H3,(H,20,21). The molecule has 0 spiro atoms. The van der Waals surface area contributed by atoms with Crippen LogP contribution in [0.4, 0.5) is 0 Å². The SMILES string of the molecule is COc1ccc(CNC(=O)C(C)Oc2cccc(Cl)c2Cl)cc1. The molecule has 1 unspecified atom stereocenters. The van der Waals surface area contributed by atoms with Crippen molar-refractivity contribution < 1.29 is 14.3 Å². The summed E-state index contributed by atoms with van der Waals surface area (Å²) < 4.78 is 10.7. The third-order valence-electron chi connectivity index (χ3n) is 3.21. The third-order valence-corrected chi connectivity index (χ3v) is 4.02. The first kappa shape index (κ1) is 17.4. The first-order valence-corrected chi connectivity index (χ1v) is 7.78. The number of carbonyl (C=O) groups is 1. The highest BCUT2D eigenvalue weighted by Gasteiger charge is 2.16. The second kappa shape index (κ2) is 8.09. The molecule has 0 aliphatic heterocycles. The lowest BCUT2D eigenvalue weighted by molar-refractivity contribution is -0.127. The van der Waals surface area contributed by atoms with Gasteiger partial charge in [-0.25, -0.2) is 0 Å². The zero-order valence-electron chi connectivity index (χ0n) is 12.8. The molecule has 1 amide bonds. The molecule has 0 bridgehead atoms. The van der Waals surface area contributed by atoms with E-state index < -0.39 is 6.10 Å². The van der Waals surface area contributed by atoms with Gasteiger partial charge in [-0.3, -0.25) is 4.79 Å². The summed E-state index contributed by atoms with van der Waals surface area (Å²) in [5, 5.41) is 3.49.